The van der Waals surface area contributed by atoms with Crippen molar-refractivity contribution >= 4 is 12.3 Å². The topological polar surface area (TPSA) is 83.8 Å². The van der Waals surface area contributed by atoms with Crippen LogP contribution in [0.3, 0.4) is 0 Å². The maximum atomic E-state index is 11.2. The van der Waals surface area contributed by atoms with Gasteiger partial charge in [-0.1, -0.05) is 63.0 Å². The van der Waals surface area contributed by atoms with E-state index in [2.05, 4.69) is 38.1 Å². The summed E-state index contributed by atoms with van der Waals surface area (Å²) in [6, 6.07) is 8.65. The number of aliphatic hydroxyl groups is 2. The SMILES string of the molecule is CC1c2ccccc2CC1CCC(O)CC[CH-]C(O)CC[C-]=O.[CH2-]CCCCCC(=O)OC(C)(C)C.[Y+3]. The molecule has 1 aliphatic rings. The van der Waals surface area contributed by atoms with Crippen LogP contribution in [-0.2, 0) is 53.5 Å². The fraction of sp³-hybridized carbons (Fsp3) is 0.677. The summed E-state index contributed by atoms with van der Waals surface area (Å²) in [5.41, 5.74) is 2.59. The van der Waals surface area contributed by atoms with Crippen LogP contribution in [0.2, 0.25) is 0 Å². The molecule has 0 bridgehead atoms. The van der Waals surface area contributed by atoms with E-state index in [4.69, 9.17) is 4.74 Å². The summed E-state index contributed by atoms with van der Waals surface area (Å²) in [6.07, 6.45) is 12.3. The minimum absolute atomic E-state index is 0. The Bertz CT molecular complexity index is 745. The zero-order chi connectivity index (χ0) is 27.0. The fourth-order valence-corrected chi connectivity index (χ4v) is 4.60. The van der Waals surface area contributed by atoms with Gasteiger partial charge in [0.1, 0.15) is 5.60 Å². The van der Waals surface area contributed by atoms with Crippen LogP contribution in [0.1, 0.15) is 115 Å². The van der Waals surface area contributed by atoms with Gasteiger partial charge in [-0.25, -0.2) is 0 Å². The van der Waals surface area contributed by atoms with Gasteiger partial charge in [-0.3, -0.25) is 11.1 Å². The summed E-state index contributed by atoms with van der Waals surface area (Å²) >= 11 is 0. The molecule has 4 unspecified atom stereocenters. The molecule has 0 aromatic heterocycles. The minimum Gasteiger partial charge on any atom is -0.542 e. The predicted molar refractivity (Wildman–Crippen MR) is 146 cm³/mol. The van der Waals surface area contributed by atoms with Crippen molar-refractivity contribution in [3.63, 3.8) is 0 Å². The molecule has 0 fully saturated rings. The zero-order valence-electron chi connectivity index (χ0n) is 23.6. The van der Waals surface area contributed by atoms with Crippen LogP contribution >= 0.6 is 0 Å². The van der Waals surface area contributed by atoms with E-state index in [9.17, 15) is 19.8 Å². The molecule has 1 aliphatic carbocycles. The monoisotopic (exact) mass is 590 g/mol. The molecule has 0 saturated carbocycles. The Morgan fingerprint density at radius 1 is 1.16 bits per heavy atom. The van der Waals surface area contributed by atoms with Crippen LogP contribution < -0.4 is 0 Å². The summed E-state index contributed by atoms with van der Waals surface area (Å²) < 4.78 is 5.16. The van der Waals surface area contributed by atoms with Gasteiger partial charge in [0.05, 0.1) is 6.10 Å². The molecule has 0 radical (unpaired) electrons. The number of ether oxygens (including phenoxy) is 1. The third-order valence-corrected chi connectivity index (χ3v) is 6.64. The summed E-state index contributed by atoms with van der Waals surface area (Å²) in [4.78, 5) is 21.3. The Labute approximate surface area is 251 Å². The Morgan fingerprint density at radius 3 is 2.49 bits per heavy atom. The molecule has 0 amide bonds. The predicted octanol–water partition coefficient (Wildman–Crippen LogP) is 6.45. The van der Waals surface area contributed by atoms with Crippen LogP contribution in [0.4, 0.5) is 0 Å². The normalized spacial score (nSPS) is 18.0. The van der Waals surface area contributed by atoms with Crippen LogP contribution in [0.25, 0.3) is 0 Å². The van der Waals surface area contributed by atoms with E-state index in [-0.39, 0.29) is 56.8 Å². The molecule has 4 atom stereocenters. The molecule has 0 aliphatic heterocycles. The smallest absolute Gasteiger partial charge is 0.542 e. The average molecular weight is 591 g/mol. The number of carbonyl (C=O) groups excluding carboxylic acids is 2. The number of carbonyl (C=O) groups is 1. The van der Waals surface area contributed by atoms with Gasteiger partial charge in [-0.2, -0.15) is 19.3 Å². The third-order valence-electron chi connectivity index (χ3n) is 6.64. The molecule has 0 heterocycles. The second kappa shape index (κ2) is 20.3. The molecule has 2 N–H and O–H groups in total. The molecule has 5 nitrogen and oxygen atoms in total. The Balaban J connectivity index is 0.000000797. The maximum absolute atomic E-state index is 11.2. The summed E-state index contributed by atoms with van der Waals surface area (Å²) in [5.74, 6) is 1.11. The number of fused-ring (bicyclic) bond motifs is 1. The minimum atomic E-state index is -0.562. The van der Waals surface area contributed by atoms with Crippen molar-refractivity contribution in [2.75, 3.05) is 0 Å². The first kappa shape index (κ1) is 36.4. The number of aliphatic hydroxyl groups excluding tert-OH is 2. The van der Waals surface area contributed by atoms with E-state index in [1.807, 2.05) is 20.8 Å². The van der Waals surface area contributed by atoms with Crippen LogP contribution in [-0.4, -0.2) is 40.3 Å². The Morgan fingerprint density at radius 2 is 1.86 bits per heavy atom. The van der Waals surface area contributed by atoms with Crippen molar-refractivity contribution in [2.45, 2.75) is 128 Å². The van der Waals surface area contributed by atoms with E-state index >= 15 is 0 Å². The quantitative estimate of drug-likeness (QED) is 0.139. The van der Waals surface area contributed by atoms with E-state index < -0.39 is 6.10 Å². The number of hydrogen-bond donors (Lipinski definition) is 2. The second-order valence-electron chi connectivity index (χ2n) is 11.0. The molecular weight excluding hydrogens is 541 g/mol. The second-order valence-corrected chi connectivity index (χ2v) is 11.0. The molecule has 206 valence electrons. The van der Waals surface area contributed by atoms with E-state index in [1.165, 1.54) is 11.1 Å². The molecule has 0 saturated heterocycles. The number of esters is 1. The molecule has 37 heavy (non-hydrogen) atoms. The standard InChI is InChI=1S/C20H28O3.C11H21O2.Y/c1-15-16(14-17-6-2-3-10-20(15)17)11-12-19(23)8-4-7-18(22)9-5-13-21;1-5-6-7-8-9-10(12)13-11(2,3)4;/h2-3,6-7,10,15-16,18-19,22-23H,4-5,8-9,11-12,14H2,1H3;1,5-9H2,2-4H3;/q-2;-1;+3. The summed E-state index contributed by atoms with van der Waals surface area (Å²) in [5, 5.41) is 19.8. The van der Waals surface area contributed by atoms with Gasteiger partial charge in [-0.05, 0) is 69.4 Å². The Kier molecular flexibility index (Phi) is 20.0. The first-order valence-corrected chi connectivity index (χ1v) is 13.7. The van der Waals surface area contributed by atoms with Gasteiger partial charge in [-0.15, -0.1) is 0 Å². The van der Waals surface area contributed by atoms with E-state index in [1.54, 1.807) is 12.7 Å². The van der Waals surface area contributed by atoms with Crippen LogP contribution in [0.5, 0.6) is 0 Å². The summed E-state index contributed by atoms with van der Waals surface area (Å²) in [6.45, 7) is 11.7. The molecular formula is C31H49O5Y. The Hall–Kier alpha value is -0.616. The largest absolute Gasteiger partial charge is 3.00 e. The molecule has 1 aromatic rings. The van der Waals surface area contributed by atoms with Gasteiger partial charge < -0.3 is 33.1 Å². The molecule has 1 aromatic carbocycles. The van der Waals surface area contributed by atoms with Crippen molar-refractivity contribution in [3.8, 4) is 0 Å². The fourth-order valence-electron chi connectivity index (χ4n) is 4.60. The zero-order valence-corrected chi connectivity index (χ0v) is 26.4. The van der Waals surface area contributed by atoms with Gasteiger partial charge >= 0.3 is 38.7 Å². The maximum Gasteiger partial charge on any atom is 3.00 e. The van der Waals surface area contributed by atoms with Crippen LogP contribution in [0.15, 0.2) is 24.3 Å². The number of hydrogen-bond acceptors (Lipinski definition) is 5. The first-order valence-electron chi connectivity index (χ1n) is 13.7. The van der Waals surface area contributed by atoms with Gasteiger partial charge in [0.15, 0.2) is 0 Å². The molecule has 6 heteroatoms. The van der Waals surface area contributed by atoms with Crippen molar-refractivity contribution in [1.29, 1.82) is 0 Å². The van der Waals surface area contributed by atoms with E-state index in [0.717, 1.165) is 44.9 Å². The van der Waals surface area contributed by atoms with Crippen molar-refractivity contribution < 1.29 is 57.2 Å². The van der Waals surface area contributed by atoms with Crippen molar-refractivity contribution in [2.24, 2.45) is 5.92 Å². The van der Waals surface area contributed by atoms with Gasteiger partial charge in [0.2, 0.25) is 0 Å². The van der Waals surface area contributed by atoms with Gasteiger partial charge in [0.25, 0.3) is 0 Å². The molecule has 0 spiro atoms. The average Bonchev–Trinajstić information content (AvgIpc) is 3.14. The van der Waals surface area contributed by atoms with Crippen molar-refractivity contribution in [3.05, 3.63) is 48.7 Å². The van der Waals surface area contributed by atoms with E-state index in [0.29, 0.717) is 37.5 Å². The van der Waals surface area contributed by atoms with Gasteiger partial charge in [0, 0.05) is 6.42 Å². The number of benzene rings is 1. The first-order chi connectivity index (χ1) is 17.1. The number of rotatable bonds is 15. The molecule has 2 rings (SSSR count). The number of unbranched alkanes of at least 4 members (excludes halogenated alkanes) is 3. The summed E-state index contributed by atoms with van der Waals surface area (Å²) in [7, 11) is 0. The third kappa shape index (κ3) is 16.8. The van der Waals surface area contributed by atoms with Crippen LogP contribution in [0, 0.1) is 19.3 Å². The van der Waals surface area contributed by atoms with Crippen molar-refractivity contribution in [1.82, 2.24) is 0 Å².